The molecule has 2 heterocycles. The minimum Gasteiger partial charge on any atom is -0.342 e. The molecule has 1 atom stereocenters. The summed E-state index contributed by atoms with van der Waals surface area (Å²) in [5.74, 6) is 1.30. The van der Waals surface area contributed by atoms with Crippen molar-refractivity contribution in [1.29, 1.82) is 0 Å². The van der Waals surface area contributed by atoms with Crippen molar-refractivity contribution in [3.63, 3.8) is 0 Å². The van der Waals surface area contributed by atoms with E-state index in [-0.39, 0.29) is 5.91 Å². The smallest absolute Gasteiger partial charge is 0.233 e. The highest BCUT2D eigenvalue weighted by Crippen LogP contribution is 2.18. The Bertz CT molecular complexity index is 393. The lowest BCUT2D eigenvalue weighted by Gasteiger charge is -2.30. The van der Waals surface area contributed by atoms with Crippen molar-refractivity contribution in [2.24, 2.45) is 13.0 Å². The third kappa shape index (κ3) is 3.21. The monoisotopic (exact) mass is 254 g/mol. The minimum atomic E-state index is 0.213. The van der Waals surface area contributed by atoms with E-state index >= 15 is 0 Å². The van der Waals surface area contributed by atoms with Crippen LogP contribution in [0.15, 0.2) is 11.5 Å². The fourth-order valence-corrected chi connectivity index (χ4v) is 2.83. The molecule has 0 bridgehead atoms. The van der Waals surface area contributed by atoms with E-state index in [0.29, 0.717) is 11.7 Å². The number of thioether (sulfide) groups is 1. The number of carbonyl (C=O) groups is 1. The van der Waals surface area contributed by atoms with Gasteiger partial charge in [0.1, 0.15) is 6.33 Å². The fourth-order valence-electron chi connectivity index (χ4n) is 2.04. The molecule has 6 heteroatoms. The number of likely N-dealkylation sites (tertiary alicyclic amines) is 1. The Hall–Kier alpha value is -1.04. The van der Waals surface area contributed by atoms with Crippen LogP contribution in [0.4, 0.5) is 0 Å². The SMILES string of the molecule is CC1CCCN(C(=O)CSc2nncn2C)C1. The zero-order chi connectivity index (χ0) is 12.3. The molecule has 1 aromatic heterocycles. The lowest BCUT2D eigenvalue weighted by Crippen LogP contribution is -2.40. The van der Waals surface area contributed by atoms with E-state index in [9.17, 15) is 4.79 Å². The molecule has 1 amide bonds. The van der Waals surface area contributed by atoms with Gasteiger partial charge < -0.3 is 9.47 Å². The Morgan fingerprint density at radius 2 is 2.47 bits per heavy atom. The van der Waals surface area contributed by atoms with E-state index in [1.165, 1.54) is 18.2 Å². The maximum Gasteiger partial charge on any atom is 0.233 e. The van der Waals surface area contributed by atoms with E-state index in [2.05, 4.69) is 17.1 Å². The summed E-state index contributed by atoms with van der Waals surface area (Å²) in [5, 5.41) is 8.54. The van der Waals surface area contributed by atoms with Crippen LogP contribution in [0.2, 0.25) is 0 Å². The van der Waals surface area contributed by atoms with E-state index in [0.717, 1.165) is 24.7 Å². The second-order valence-electron chi connectivity index (χ2n) is 4.60. The van der Waals surface area contributed by atoms with Crippen molar-refractivity contribution >= 4 is 17.7 Å². The second-order valence-corrected chi connectivity index (χ2v) is 5.54. The number of rotatable bonds is 3. The Morgan fingerprint density at radius 3 is 3.12 bits per heavy atom. The van der Waals surface area contributed by atoms with Crippen LogP contribution in [0, 0.1) is 5.92 Å². The van der Waals surface area contributed by atoms with Crippen molar-refractivity contribution < 1.29 is 4.79 Å². The Kier molecular flexibility index (Phi) is 4.04. The summed E-state index contributed by atoms with van der Waals surface area (Å²) < 4.78 is 1.83. The lowest BCUT2D eigenvalue weighted by atomic mass is 10.0. The highest BCUT2D eigenvalue weighted by Gasteiger charge is 2.21. The molecule has 1 fully saturated rings. The molecule has 1 saturated heterocycles. The predicted octanol–water partition coefficient (Wildman–Crippen LogP) is 1.17. The molecule has 0 radical (unpaired) electrons. The summed E-state index contributed by atoms with van der Waals surface area (Å²) in [5.41, 5.74) is 0. The van der Waals surface area contributed by atoms with Crippen LogP contribution in [-0.4, -0.2) is 44.4 Å². The molecule has 1 aromatic rings. The first-order chi connectivity index (χ1) is 8.16. The molecule has 1 unspecified atom stereocenters. The molecule has 0 aromatic carbocycles. The number of carbonyl (C=O) groups excluding carboxylic acids is 1. The molecule has 0 aliphatic carbocycles. The highest BCUT2D eigenvalue weighted by atomic mass is 32.2. The van der Waals surface area contributed by atoms with Crippen molar-refractivity contribution in [3.8, 4) is 0 Å². The fraction of sp³-hybridized carbons (Fsp3) is 0.727. The van der Waals surface area contributed by atoms with Crippen LogP contribution < -0.4 is 0 Å². The van der Waals surface area contributed by atoms with E-state index in [1.807, 2.05) is 16.5 Å². The van der Waals surface area contributed by atoms with Gasteiger partial charge in [0.15, 0.2) is 5.16 Å². The summed E-state index contributed by atoms with van der Waals surface area (Å²) in [4.78, 5) is 14.0. The third-order valence-electron chi connectivity index (χ3n) is 3.00. The van der Waals surface area contributed by atoms with Crippen molar-refractivity contribution in [2.75, 3.05) is 18.8 Å². The number of aromatic nitrogens is 3. The zero-order valence-corrected chi connectivity index (χ0v) is 11.1. The van der Waals surface area contributed by atoms with Gasteiger partial charge in [0, 0.05) is 20.1 Å². The lowest BCUT2D eigenvalue weighted by molar-refractivity contribution is -0.130. The average molecular weight is 254 g/mol. The van der Waals surface area contributed by atoms with Gasteiger partial charge in [0.05, 0.1) is 5.75 Å². The summed E-state index contributed by atoms with van der Waals surface area (Å²) >= 11 is 1.45. The van der Waals surface area contributed by atoms with Gasteiger partial charge in [-0.3, -0.25) is 4.79 Å². The average Bonchev–Trinajstić information content (AvgIpc) is 2.72. The number of aryl methyl sites for hydroxylation is 1. The quantitative estimate of drug-likeness (QED) is 0.760. The van der Waals surface area contributed by atoms with Gasteiger partial charge >= 0.3 is 0 Å². The first kappa shape index (κ1) is 12.4. The van der Waals surface area contributed by atoms with Crippen LogP contribution in [0.25, 0.3) is 0 Å². The highest BCUT2D eigenvalue weighted by molar-refractivity contribution is 7.99. The molecular weight excluding hydrogens is 236 g/mol. The molecule has 1 aliphatic heterocycles. The maximum atomic E-state index is 12.0. The van der Waals surface area contributed by atoms with Crippen LogP contribution in [0.3, 0.4) is 0 Å². The molecule has 17 heavy (non-hydrogen) atoms. The zero-order valence-electron chi connectivity index (χ0n) is 10.3. The molecule has 2 rings (SSSR count). The molecular formula is C11H18N4OS. The van der Waals surface area contributed by atoms with Gasteiger partial charge in [-0.1, -0.05) is 18.7 Å². The number of nitrogens with zero attached hydrogens (tertiary/aromatic N) is 4. The number of hydrogen-bond donors (Lipinski definition) is 0. The topological polar surface area (TPSA) is 51.0 Å². The van der Waals surface area contributed by atoms with Gasteiger partial charge in [-0.25, -0.2) is 0 Å². The van der Waals surface area contributed by atoms with Gasteiger partial charge in [0.25, 0.3) is 0 Å². The van der Waals surface area contributed by atoms with Crippen molar-refractivity contribution in [2.45, 2.75) is 24.9 Å². The number of hydrogen-bond acceptors (Lipinski definition) is 4. The first-order valence-electron chi connectivity index (χ1n) is 5.91. The maximum absolute atomic E-state index is 12.0. The Morgan fingerprint density at radius 1 is 1.65 bits per heavy atom. The Labute approximate surface area is 106 Å². The molecule has 5 nitrogen and oxygen atoms in total. The van der Waals surface area contributed by atoms with Gasteiger partial charge in [-0.2, -0.15) is 0 Å². The first-order valence-corrected chi connectivity index (χ1v) is 6.90. The summed E-state index contributed by atoms with van der Waals surface area (Å²) in [6.07, 6.45) is 4.01. The van der Waals surface area contributed by atoms with E-state index in [4.69, 9.17) is 0 Å². The molecule has 0 saturated carbocycles. The minimum absolute atomic E-state index is 0.213. The van der Waals surface area contributed by atoms with Crippen molar-refractivity contribution in [1.82, 2.24) is 19.7 Å². The predicted molar refractivity (Wildman–Crippen MR) is 66.7 cm³/mol. The van der Waals surface area contributed by atoms with Crippen LogP contribution in [0.1, 0.15) is 19.8 Å². The molecule has 94 valence electrons. The van der Waals surface area contributed by atoms with Gasteiger partial charge in [-0.05, 0) is 18.8 Å². The molecule has 0 spiro atoms. The van der Waals surface area contributed by atoms with Gasteiger partial charge in [-0.15, -0.1) is 10.2 Å². The summed E-state index contributed by atoms with van der Waals surface area (Å²) in [6, 6.07) is 0. The largest absolute Gasteiger partial charge is 0.342 e. The number of piperidine rings is 1. The summed E-state index contributed by atoms with van der Waals surface area (Å²) in [6.45, 7) is 4.01. The summed E-state index contributed by atoms with van der Waals surface area (Å²) in [7, 11) is 1.88. The van der Waals surface area contributed by atoms with Crippen LogP contribution in [-0.2, 0) is 11.8 Å². The third-order valence-corrected chi connectivity index (χ3v) is 4.02. The standard InChI is InChI=1S/C11H18N4OS/c1-9-4-3-5-15(6-9)10(16)7-17-11-13-12-8-14(11)2/h8-9H,3-7H2,1-2H3. The second kappa shape index (κ2) is 5.53. The van der Waals surface area contributed by atoms with Crippen LogP contribution in [0.5, 0.6) is 0 Å². The Balaban J connectivity index is 1.83. The van der Waals surface area contributed by atoms with E-state index < -0.39 is 0 Å². The van der Waals surface area contributed by atoms with E-state index in [1.54, 1.807) is 6.33 Å². The molecule has 1 aliphatic rings. The van der Waals surface area contributed by atoms with Crippen LogP contribution >= 0.6 is 11.8 Å². The van der Waals surface area contributed by atoms with Crippen molar-refractivity contribution in [3.05, 3.63) is 6.33 Å². The number of amides is 1. The van der Waals surface area contributed by atoms with Gasteiger partial charge in [0.2, 0.25) is 5.91 Å². The normalized spacial score (nSPS) is 20.6. The molecule has 0 N–H and O–H groups in total.